The van der Waals surface area contributed by atoms with Crippen molar-refractivity contribution < 1.29 is 14.7 Å². The molecule has 138 valence electrons. The van der Waals surface area contributed by atoms with Crippen LogP contribution >= 0.6 is 0 Å². The number of pyridine rings is 1. The SMILES string of the molecule is Nc1c(CCCCNC(=O)[C@@H](N)C2CCCCC2)cncc1C(=O)O. The van der Waals surface area contributed by atoms with Crippen LogP contribution in [0.1, 0.15) is 60.9 Å². The number of carbonyl (C=O) groups excluding carboxylic acids is 1. The average molecular weight is 348 g/mol. The number of nitrogens with zero attached hydrogens (tertiary/aromatic N) is 1. The second-order valence-electron chi connectivity index (χ2n) is 6.74. The summed E-state index contributed by atoms with van der Waals surface area (Å²) in [5, 5.41) is 11.9. The maximum atomic E-state index is 12.1. The largest absolute Gasteiger partial charge is 0.478 e. The van der Waals surface area contributed by atoms with Crippen LogP contribution in [0.2, 0.25) is 0 Å². The van der Waals surface area contributed by atoms with Crippen LogP contribution in [-0.4, -0.2) is 34.6 Å². The number of nitrogen functional groups attached to an aromatic ring is 1. The number of nitrogens with two attached hydrogens (primary N) is 2. The number of anilines is 1. The number of amides is 1. The number of nitrogens with one attached hydrogen (secondary N) is 1. The number of carbonyl (C=O) groups is 2. The molecule has 7 heteroatoms. The molecule has 1 heterocycles. The van der Waals surface area contributed by atoms with Crippen molar-refractivity contribution in [2.45, 2.75) is 57.4 Å². The molecular weight excluding hydrogens is 320 g/mol. The summed E-state index contributed by atoms with van der Waals surface area (Å²) in [6.45, 7) is 0.561. The Balaban J connectivity index is 1.70. The van der Waals surface area contributed by atoms with Crippen LogP contribution < -0.4 is 16.8 Å². The lowest BCUT2D eigenvalue weighted by atomic mass is 9.84. The van der Waals surface area contributed by atoms with E-state index in [2.05, 4.69) is 10.3 Å². The Morgan fingerprint density at radius 3 is 2.64 bits per heavy atom. The van der Waals surface area contributed by atoms with Crippen molar-refractivity contribution in [3.8, 4) is 0 Å². The van der Waals surface area contributed by atoms with E-state index >= 15 is 0 Å². The van der Waals surface area contributed by atoms with Gasteiger partial charge in [-0.25, -0.2) is 4.79 Å². The first-order valence-corrected chi connectivity index (χ1v) is 8.99. The minimum atomic E-state index is -1.07. The van der Waals surface area contributed by atoms with E-state index in [0.717, 1.165) is 44.1 Å². The van der Waals surface area contributed by atoms with E-state index in [0.29, 0.717) is 18.9 Å². The van der Waals surface area contributed by atoms with Crippen molar-refractivity contribution in [2.24, 2.45) is 11.7 Å². The van der Waals surface area contributed by atoms with Gasteiger partial charge in [0.15, 0.2) is 0 Å². The van der Waals surface area contributed by atoms with Crippen LogP contribution in [0.4, 0.5) is 5.69 Å². The number of aryl methyl sites for hydroxylation is 1. The molecule has 1 fully saturated rings. The number of rotatable bonds is 8. The van der Waals surface area contributed by atoms with Crippen LogP contribution in [0.5, 0.6) is 0 Å². The number of unbranched alkanes of at least 4 members (excludes halogenated alkanes) is 1. The molecule has 1 aliphatic carbocycles. The van der Waals surface area contributed by atoms with Gasteiger partial charge in [0.1, 0.15) is 5.56 Å². The standard InChI is InChI=1S/C18H28N4O3/c19-15-13(10-21-11-14(15)18(24)25)8-4-5-9-22-17(23)16(20)12-6-2-1-3-7-12/h10-12,16H,1-9,20H2,(H2,19,21)(H,22,23)(H,24,25)/t16-/m0/s1. The minimum absolute atomic E-state index is 0.0317. The van der Waals surface area contributed by atoms with Gasteiger partial charge in [0.2, 0.25) is 5.91 Å². The number of hydrogen-bond donors (Lipinski definition) is 4. The molecule has 25 heavy (non-hydrogen) atoms. The van der Waals surface area contributed by atoms with Gasteiger partial charge in [0.25, 0.3) is 0 Å². The van der Waals surface area contributed by atoms with Crippen molar-refractivity contribution >= 4 is 17.6 Å². The maximum Gasteiger partial charge on any atom is 0.339 e. The fraction of sp³-hybridized carbons (Fsp3) is 0.611. The number of aromatic carboxylic acids is 1. The monoisotopic (exact) mass is 348 g/mol. The Kier molecular flexibility index (Phi) is 7.18. The van der Waals surface area contributed by atoms with Crippen molar-refractivity contribution in [1.29, 1.82) is 0 Å². The summed E-state index contributed by atoms with van der Waals surface area (Å²) in [5.74, 6) is -0.838. The molecule has 1 aromatic rings. The zero-order valence-electron chi connectivity index (χ0n) is 14.5. The van der Waals surface area contributed by atoms with Gasteiger partial charge < -0.3 is 21.9 Å². The fourth-order valence-corrected chi connectivity index (χ4v) is 3.36. The highest BCUT2D eigenvalue weighted by molar-refractivity contribution is 5.93. The van der Waals surface area contributed by atoms with Gasteiger partial charge in [-0.2, -0.15) is 0 Å². The Morgan fingerprint density at radius 1 is 1.24 bits per heavy atom. The predicted octanol–water partition coefficient (Wildman–Crippen LogP) is 1.71. The summed E-state index contributed by atoms with van der Waals surface area (Å²) in [6.07, 6.45) is 10.7. The van der Waals surface area contributed by atoms with E-state index in [-0.39, 0.29) is 17.2 Å². The predicted molar refractivity (Wildman–Crippen MR) is 96.1 cm³/mol. The van der Waals surface area contributed by atoms with Crippen LogP contribution in [-0.2, 0) is 11.2 Å². The molecule has 7 nitrogen and oxygen atoms in total. The fourth-order valence-electron chi connectivity index (χ4n) is 3.36. The van der Waals surface area contributed by atoms with Crippen LogP contribution in [0.15, 0.2) is 12.4 Å². The molecule has 1 aliphatic rings. The Morgan fingerprint density at radius 2 is 1.96 bits per heavy atom. The van der Waals surface area contributed by atoms with Crippen LogP contribution in [0.25, 0.3) is 0 Å². The van der Waals surface area contributed by atoms with Gasteiger partial charge in [0.05, 0.1) is 11.7 Å². The van der Waals surface area contributed by atoms with Crippen LogP contribution in [0, 0.1) is 5.92 Å². The Bertz CT molecular complexity index is 600. The summed E-state index contributed by atoms with van der Waals surface area (Å²) in [7, 11) is 0. The zero-order valence-corrected chi connectivity index (χ0v) is 14.5. The lowest BCUT2D eigenvalue weighted by Crippen LogP contribution is -2.46. The van der Waals surface area contributed by atoms with Gasteiger partial charge >= 0.3 is 5.97 Å². The molecule has 2 rings (SSSR count). The third-order valence-corrected chi connectivity index (χ3v) is 4.93. The third kappa shape index (κ3) is 5.42. The van der Waals surface area contributed by atoms with Crippen molar-refractivity contribution in [1.82, 2.24) is 10.3 Å². The van der Waals surface area contributed by atoms with Gasteiger partial charge in [-0.15, -0.1) is 0 Å². The first kappa shape index (κ1) is 19.2. The lowest BCUT2D eigenvalue weighted by molar-refractivity contribution is -0.123. The van der Waals surface area contributed by atoms with Gasteiger partial charge in [-0.3, -0.25) is 9.78 Å². The molecule has 0 aliphatic heterocycles. The quantitative estimate of drug-likeness (QED) is 0.529. The summed E-state index contributed by atoms with van der Waals surface area (Å²) < 4.78 is 0. The Hall–Kier alpha value is -2.15. The topological polar surface area (TPSA) is 131 Å². The molecule has 0 bridgehead atoms. The van der Waals surface area contributed by atoms with E-state index in [9.17, 15) is 9.59 Å². The molecule has 1 saturated carbocycles. The molecule has 0 radical (unpaired) electrons. The van der Waals surface area contributed by atoms with Crippen molar-refractivity contribution in [3.05, 3.63) is 23.5 Å². The molecule has 0 spiro atoms. The third-order valence-electron chi connectivity index (χ3n) is 4.93. The van der Waals surface area contributed by atoms with Gasteiger partial charge in [-0.1, -0.05) is 19.3 Å². The van der Waals surface area contributed by atoms with E-state index in [1.54, 1.807) is 6.20 Å². The second kappa shape index (κ2) is 9.36. The van der Waals surface area contributed by atoms with Gasteiger partial charge in [-0.05, 0) is 43.6 Å². The summed E-state index contributed by atoms with van der Waals surface area (Å²) >= 11 is 0. The lowest BCUT2D eigenvalue weighted by Gasteiger charge is -2.26. The van der Waals surface area contributed by atoms with E-state index in [4.69, 9.17) is 16.6 Å². The van der Waals surface area contributed by atoms with E-state index in [1.165, 1.54) is 12.6 Å². The minimum Gasteiger partial charge on any atom is -0.478 e. The first-order valence-electron chi connectivity index (χ1n) is 8.99. The highest BCUT2D eigenvalue weighted by Gasteiger charge is 2.25. The zero-order chi connectivity index (χ0) is 18.2. The van der Waals surface area contributed by atoms with Gasteiger partial charge in [0, 0.05) is 18.9 Å². The molecule has 6 N–H and O–H groups in total. The maximum absolute atomic E-state index is 12.1. The molecule has 1 aromatic heterocycles. The molecule has 0 unspecified atom stereocenters. The smallest absolute Gasteiger partial charge is 0.339 e. The summed E-state index contributed by atoms with van der Waals surface area (Å²) in [6, 6.07) is -0.410. The number of aromatic nitrogens is 1. The molecule has 1 atom stereocenters. The van der Waals surface area contributed by atoms with Crippen molar-refractivity contribution in [3.63, 3.8) is 0 Å². The molecule has 0 saturated heterocycles. The average Bonchev–Trinajstić information content (AvgIpc) is 2.62. The number of carboxylic acids is 1. The van der Waals surface area contributed by atoms with E-state index < -0.39 is 12.0 Å². The summed E-state index contributed by atoms with van der Waals surface area (Å²) in [5.41, 5.74) is 13.0. The summed E-state index contributed by atoms with van der Waals surface area (Å²) in [4.78, 5) is 27.1. The highest BCUT2D eigenvalue weighted by atomic mass is 16.4. The number of carboxylic acid groups (broad SMARTS) is 1. The molecule has 1 amide bonds. The number of hydrogen-bond acceptors (Lipinski definition) is 5. The normalized spacial score (nSPS) is 16.4. The Labute approximate surface area is 148 Å². The first-order chi connectivity index (χ1) is 12.0. The van der Waals surface area contributed by atoms with Crippen molar-refractivity contribution in [2.75, 3.05) is 12.3 Å². The molecule has 0 aromatic carbocycles. The molecular formula is C18H28N4O3. The van der Waals surface area contributed by atoms with E-state index in [1.807, 2.05) is 0 Å². The highest BCUT2D eigenvalue weighted by Crippen LogP contribution is 2.25. The van der Waals surface area contributed by atoms with Crippen LogP contribution in [0.3, 0.4) is 0 Å². The second-order valence-corrected chi connectivity index (χ2v) is 6.74.